The Balaban J connectivity index is 2.32. The molecule has 0 aliphatic heterocycles. The predicted octanol–water partition coefficient (Wildman–Crippen LogP) is 4.03. The molecule has 0 aliphatic rings. The van der Waals surface area contributed by atoms with Crippen molar-refractivity contribution in [3.8, 4) is 0 Å². The first-order valence-corrected chi connectivity index (χ1v) is 6.70. The molecule has 24 heavy (non-hydrogen) atoms. The lowest BCUT2D eigenvalue weighted by molar-refractivity contribution is -0.384. The van der Waals surface area contributed by atoms with Crippen LogP contribution in [-0.4, -0.2) is 10.6 Å². The highest BCUT2D eigenvalue weighted by Gasteiger charge is 2.33. The average molecular weight is 338 g/mol. The summed E-state index contributed by atoms with van der Waals surface area (Å²) < 4.78 is 38.0. The first-order chi connectivity index (χ1) is 11.2. The van der Waals surface area contributed by atoms with E-state index in [4.69, 9.17) is 5.73 Å². The average Bonchev–Trinajstić information content (AvgIpc) is 2.51. The van der Waals surface area contributed by atoms with Gasteiger partial charge in [0.1, 0.15) is 5.69 Å². The second kappa shape index (κ2) is 6.57. The number of rotatable bonds is 4. The van der Waals surface area contributed by atoms with Crippen molar-refractivity contribution in [1.82, 2.24) is 0 Å². The number of halogens is 3. The number of hydrogen-bond acceptors (Lipinski definition) is 5. The van der Waals surface area contributed by atoms with Gasteiger partial charge in [-0.05, 0) is 36.8 Å². The second-order valence-corrected chi connectivity index (χ2v) is 4.92. The summed E-state index contributed by atoms with van der Waals surface area (Å²) in [5.41, 5.74) is 7.79. The summed E-state index contributed by atoms with van der Waals surface area (Å²) in [4.78, 5) is 10.1. The number of nitro benzene ring substituents is 1. The van der Waals surface area contributed by atoms with E-state index in [0.717, 1.165) is 12.1 Å². The Morgan fingerprint density at radius 3 is 2.54 bits per heavy atom. The zero-order valence-electron chi connectivity index (χ0n) is 12.5. The van der Waals surface area contributed by atoms with E-state index in [-0.39, 0.29) is 5.69 Å². The minimum atomic E-state index is -4.66. The van der Waals surface area contributed by atoms with Crippen molar-refractivity contribution in [2.45, 2.75) is 13.1 Å². The molecule has 0 fully saturated rings. The van der Waals surface area contributed by atoms with Gasteiger partial charge in [-0.3, -0.25) is 15.5 Å². The van der Waals surface area contributed by atoms with Gasteiger partial charge in [-0.1, -0.05) is 12.1 Å². The lowest BCUT2D eigenvalue weighted by Crippen LogP contribution is -2.07. The molecular weight excluding hydrogens is 325 g/mol. The standard InChI is InChI=1S/C15H13F3N4O2/c1-9(10-3-2-4-12(19)7-10)20-21-13-6-5-11(15(16,17)18)8-14(13)22(23)24/h2-8,21H,19H2,1H3/b20-9+. The van der Waals surface area contributed by atoms with Crippen LogP contribution in [0.5, 0.6) is 0 Å². The van der Waals surface area contributed by atoms with E-state index in [9.17, 15) is 23.3 Å². The topological polar surface area (TPSA) is 93.5 Å². The highest BCUT2D eigenvalue weighted by Crippen LogP contribution is 2.34. The molecule has 2 rings (SSSR count). The number of nitro groups is 1. The maximum Gasteiger partial charge on any atom is 0.416 e. The van der Waals surface area contributed by atoms with E-state index in [2.05, 4.69) is 10.5 Å². The predicted molar refractivity (Wildman–Crippen MR) is 84.8 cm³/mol. The lowest BCUT2D eigenvalue weighted by Gasteiger charge is -2.09. The largest absolute Gasteiger partial charge is 0.416 e. The molecule has 2 aromatic carbocycles. The lowest BCUT2D eigenvalue weighted by atomic mass is 10.1. The second-order valence-electron chi connectivity index (χ2n) is 4.92. The van der Waals surface area contributed by atoms with Gasteiger partial charge >= 0.3 is 6.18 Å². The van der Waals surface area contributed by atoms with Crippen molar-refractivity contribution in [3.63, 3.8) is 0 Å². The maximum absolute atomic E-state index is 12.7. The Kier molecular flexibility index (Phi) is 4.72. The van der Waals surface area contributed by atoms with Crippen LogP contribution in [0.3, 0.4) is 0 Å². The number of alkyl halides is 3. The van der Waals surface area contributed by atoms with Crippen LogP contribution in [0.4, 0.5) is 30.2 Å². The molecular formula is C15H13F3N4O2. The Morgan fingerprint density at radius 1 is 1.25 bits per heavy atom. The number of anilines is 2. The SMILES string of the molecule is C/C(=N\Nc1ccc(C(F)(F)F)cc1[N+](=O)[O-])c1cccc(N)c1. The van der Waals surface area contributed by atoms with Gasteiger partial charge in [-0.2, -0.15) is 18.3 Å². The number of nitrogens with two attached hydrogens (primary N) is 1. The van der Waals surface area contributed by atoms with Crippen molar-refractivity contribution in [2.75, 3.05) is 11.2 Å². The van der Waals surface area contributed by atoms with E-state index >= 15 is 0 Å². The molecule has 0 radical (unpaired) electrons. The van der Waals surface area contributed by atoms with Crippen molar-refractivity contribution in [1.29, 1.82) is 0 Å². The summed E-state index contributed by atoms with van der Waals surface area (Å²) in [6.45, 7) is 1.64. The number of nitrogens with one attached hydrogen (secondary N) is 1. The molecule has 0 aromatic heterocycles. The highest BCUT2D eigenvalue weighted by atomic mass is 19.4. The number of benzene rings is 2. The molecule has 0 bridgehead atoms. The molecule has 0 spiro atoms. The molecule has 9 heteroatoms. The van der Waals surface area contributed by atoms with Crippen LogP contribution in [-0.2, 0) is 6.18 Å². The first kappa shape index (κ1) is 17.3. The molecule has 2 aromatic rings. The molecule has 0 atom stereocenters. The van der Waals surface area contributed by atoms with Gasteiger partial charge in [0.2, 0.25) is 0 Å². The smallest absolute Gasteiger partial charge is 0.399 e. The molecule has 0 saturated heterocycles. The van der Waals surface area contributed by atoms with Crippen LogP contribution in [0, 0.1) is 10.1 Å². The van der Waals surface area contributed by atoms with Crippen LogP contribution < -0.4 is 11.2 Å². The fourth-order valence-corrected chi connectivity index (χ4v) is 1.93. The normalized spacial score (nSPS) is 12.1. The van der Waals surface area contributed by atoms with Gasteiger partial charge in [0.15, 0.2) is 0 Å². The first-order valence-electron chi connectivity index (χ1n) is 6.70. The van der Waals surface area contributed by atoms with Crippen molar-refractivity contribution in [3.05, 3.63) is 63.7 Å². The van der Waals surface area contributed by atoms with E-state index < -0.39 is 22.4 Å². The number of hydrogen-bond donors (Lipinski definition) is 2. The van der Waals surface area contributed by atoms with Crippen LogP contribution in [0.1, 0.15) is 18.1 Å². The van der Waals surface area contributed by atoms with E-state index in [1.807, 2.05) is 0 Å². The van der Waals surface area contributed by atoms with Gasteiger partial charge in [0.25, 0.3) is 5.69 Å². The van der Waals surface area contributed by atoms with Gasteiger partial charge in [-0.15, -0.1) is 0 Å². The summed E-state index contributed by atoms with van der Waals surface area (Å²) in [5, 5.41) is 15.0. The maximum atomic E-state index is 12.7. The fraction of sp³-hybridized carbons (Fsp3) is 0.133. The summed E-state index contributed by atoms with van der Waals surface area (Å²) >= 11 is 0. The third-order valence-electron chi connectivity index (χ3n) is 3.17. The molecule has 0 aliphatic carbocycles. The monoisotopic (exact) mass is 338 g/mol. The minimum absolute atomic E-state index is 0.142. The van der Waals surface area contributed by atoms with Crippen LogP contribution in [0.2, 0.25) is 0 Å². The third-order valence-corrected chi connectivity index (χ3v) is 3.17. The molecule has 126 valence electrons. The third kappa shape index (κ3) is 4.00. The molecule has 0 heterocycles. The summed E-state index contributed by atoms with van der Waals surface area (Å²) in [6.07, 6.45) is -4.66. The molecule has 6 nitrogen and oxygen atoms in total. The highest BCUT2D eigenvalue weighted by molar-refractivity contribution is 5.99. The number of hydrazone groups is 1. The fourth-order valence-electron chi connectivity index (χ4n) is 1.93. The van der Waals surface area contributed by atoms with Gasteiger partial charge in [0.05, 0.1) is 16.2 Å². The number of nitrogen functional groups attached to an aromatic ring is 1. The Bertz CT molecular complexity index is 804. The molecule has 0 saturated carbocycles. The number of nitrogens with zero attached hydrogens (tertiary/aromatic N) is 2. The Morgan fingerprint density at radius 2 is 1.96 bits per heavy atom. The van der Waals surface area contributed by atoms with E-state index in [1.165, 1.54) is 0 Å². The molecule has 0 amide bonds. The minimum Gasteiger partial charge on any atom is -0.399 e. The van der Waals surface area contributed by atoms with Crippen molar-refractivity contribution in [2.24, 2.45) is 5.10 Å². The van der Waals surface area contributed by atoms with Crippen LogP contribution in [0.15, 0.2) is 47.6 Å². The van der Waals surface area contributed by atoms with E-state index in [0.29, 0.717) is 23.0 Å². The van der Waals surface area contributed by atoms with Crippen LogP contribution in [0.25, 0.3) is 0 Å². The Hall–Kier alpha value is -3.10. The summed E-state index contributed by atoms with van der Waals surface area (Å²) in [5.74, 6) is 0. The van der Waals surface area contributed by atoms with Gasteiger partial charge in [0, 0.05) is 11.8 Å². The molecule has 0 unspecified atom stereocenters. The summed E-state index contributed by atoms with van der Waals surface area (Å²) in [6, 6.07) is 8.97. The Labute approximate surface area is 134 Å². The van der Waals surface area contributed by atoms with Crippen molar-refractivity contribution >= 4 is 22.8 Å². The quantitative estimate of drug-likeness (QED) is 0.381. The summed E-state index contributed by atoms with van der Waals surface area (Å²) in [7, 11) is 0. The zero-order chi connectivity index (χ0) is 17.9. The molecule has 3 N–H and O–H groups in total. The zero-order valence-corrected chi connectivity index (χ0v) is 12.5. The van der Waals surface area contributed by atoms with Gasteiger partial charge < -0.3 is 5.73 Å². The van der Waals surface area contributed by atoms with E-state index in [1.54, 1.807) is 31.2 Å². The van der Waals surface area contributed by atoms with Gasteiger partial charge in [-0.25, -0.2) is 0 Å². The van der Waals surface area contributed by atoms with Crippen molar-refractivity contribution < 1.29 is 18.1 Å². The van der Waals surface area contributed by atoms with Crippen LogP contribution >= 0.6 is 0 Å².